The lowest BCUT2D eigenvalue weighted by Crippen LogP contribution is -2.41. The van der Waals surface area contributed by atoms with Gasteiger partial charge in [0.1, 0.15) is 5.75 Å². The fourth-order valence-electron chi connectivity index (χ4n) is 2.70. The van der Waals surface area contributed by atoms with E-state index in [0.29, 0.717) is 23.2 Å². The first-order valence-electron chi connectivity index (χ1n) is 7.35. The number of carbonyl (C=O) groups is 1. The smallest absolute Gasteiger partial charge is 0.257 e. The van der Waals surface area contributed by atoms with Crippen molar-refractivity contribution < 1.29 is 9.53 Å². The number of halogens is 2. The zero-order chi connectivity index (χ0) is 15.1. The van der Waals surface area contributed by atoms with Crippen molar-refractivity contribution >= 4 is 29.1 Å². The molecule has 0 atom stereocenters. The standard InChI is InChI=1S/C16H21Cl2NO2/c17-11-16(7-2-1-3-8-16)12-19-15(20)10-21-14-6-4-5-13(18)9-14/h4-6,9H,1-3,7-8,10-12H2,(H,19,20). The van der Waals surface area contributed by atoms with E-state index in [1.54, 1.807) is 24.3 Å². The van der Waals surface area contributed by atoms with Crippen LogP contribution in [-0.2, 0) is 4.79 Å². The predicted octanol–water partition coefficient (Wildman–Crippen LogP) is 4.02. The summed E-state index contributed by atoms with van der Waals surface area (Å²) < 4.78 is 5.43. The molecule has 1 saturated carbocycles. The number of alkyl halides is 1. The Morgan fingerprint density at radius 2 is 2.05 bits per heavy atom. The Bertz CT molecular complexity index is 473. The van der Waals surface area contributed by atoms with Crippen LogP contribution in [0.1, 0.15) is 32.1 Å². The van der Waals surface area contributed by atoms with E-state index in [9.17, 15) is 4.79 Å². The maximum atomic E-state index is 11.9. The second kappa shape index (κ2) is 7.90. The number of hydrogen-bond acceptors (Lipinski definition) is 2. The highest BCUT2D eigenvalue weighted by Gasteiger charge is 2.31. The van der Waals surface area contributed by atoms with E-state index in [-0.39, 0.29) is 17.9 Å². The van der Waals surface area contributed by atoms with Gasteiger partial charge in [0, 0.05) is 22.9 Å². The number of nitrogens with one attached hydrogen (secondary N) is 1. The average molecular weight is 330 g/mol. The Morgan fingerprint density at radius 1 is 1.29 bits per heavy atom. The Labute approximate surface area is 136 Å². The molecule has 2 rings (SSSR count). The molecule has 21 heavy (non-hydrogen) atoms. The monoisotopic (exact) mass is 329 g/mol. The van der Waals surface area contributed by atoms with Crippen molar-refractivity contribution in [3.05, 3.63) is 29.3 Å². The predicted molar refractivity (Wildman–Crippen MR) is 86.2 cm³/mol. The topological polar surface area (TPSA) is 38.3 Å². The van der Waals surface area contributed by atoms with Crippen LogP contribution in [0.5, 0.6) is 5.75 Å². The van der Waals surface area contributed by atoms with Crippen LogP contribution >= 0.6 is 23.2 Å². The van der Waals surface area contributed by atoms with Crippen LogP contribution in [0.25, 0.3) is 0 Å². The molecular weight excluding hydrogens is 309 g/mol. The molecule has 1 N–H and O–H groups in total. The van der Waals surface area contributed by atoms with E-state index in [2.05, 4.69) is 5.32 Å². The molecule has 1 aliphatic carbocycles. The van der Waals surface area contributed by atoms with Gasteiger partial charge in [0.05, 0.1) is 0 Å². The number of benzene rings is 1. The van der Waals surface area contributed by atoms with Gasteiger partial charge in [-0.1, -0.05) is 36.9 Å². The zero-order valence-corrected chi connectivity index (χ0v) is 13.6. The molecule has 1 aromatic rings. The lowest BCUT2D eigenvalue weighted by Gasteiger charge is -2.35. The van der Waals surface area contributed by atoms with Crippen LogP contribution in [-0.4, -0.2) is 24.9 Å². The quantitative estimate of drug-likeness (QED) is 0.800. The molecule has 5 heteroatoms. The van der Waals surface area contributed by atoms with Crippen molar-refractivity contribution in [2.24, 2.45) is 5.41 Å². The van der Waals surface area contributed by atoms with Gasteiger partial charge in [-0.25, -0.2) is 0 Å². The summed E-state index contributed by atoms with van der Waals surface area (Å²) in [5.41, 5.74) is 0.0610. The van der Waals surface area contributed by atoms with Crippen molar-refractivity contribution in [3.8, 4) is 5.75 Å². The van der Waals surface area contributed by atoms with Crippen LogP contribution in [0, 0.1) is 5.41 Å². The van der Waals surface area contributed by atoms with Gasteiger partial charge >= 0.3 is 0 Å². The van der Waals surface area contributed by atoms with Crippen LogP contribution in [0.2, 0.25) is 5.02 Å². The highest BCUT2D eigenvalue weighted by Crippen LogP contribution is 2.36. The Morgan fingerprint density at radius 3 is 2.71 bits per heavy atom. The van der Waals surface area contributed by atoms with E-state index in [4.69, 9.17) is 27.9 Å². The molecule has 0 heterocycles. The molecule has 116 valence electrons. The molecule has 1 fully saturated rings. The third kappa shape index (κ3) is 5.08. The van der Waals surface area contributed by atoms with E-state index >= 15 is 0 Å². The fourth-order valence-corrected chi connectivity index (χ4v) is 3.24. The summed E-state index contributed by atoms with van der Waals surface area (Å²) in [5, 5.41) is 3.54. The summed E-state index contributed by atoms with van der Waals surface area (Å²) in [4.78, 5) is 11.9. The van der Waals surface area contributed by atoms with Crippen molar-refractivity contribution in [1.82, 2.24) is 5.32 Å². The fraction of sp³-hybridized carbons (Fsp3) is 0.562. The van der Waals surface area contributed by atoms with Gasteiger partial charge in [0.25, 0.3) is 5.91 Å². The second-order valence-corrected chi connectivity index (χ2v) is 6.42. The number of rotatable bonds is 6. The first kappa shape index (κ1) is 16.4. The van der Waals surface area contributed by atoms with E-state index in [1.165, 1.54) is 19.3 Å². The van der Waals surface area contributed by atoms with E-state index in [0.717, 1.165) is 12.8 Å². The minimum absolute atomic E-state index is 0.00128. The number of ether oxygens (including phenoxy) is 1. The van der Waals surface area contributed by atoms with Crippen LogP contribution in [0.15, 0.2) is 24.3 Å². The van der Waals surface area contributed by atoms with E-state index in [1.807, 2.05) is 0 Å². The van der Waals surface area contributed by atoms with Crippen molar-refractivity contribution in [3.63, 3.8) is 0 Å². The van der Waals surface area contributed by atoms with Crippen LogP contribution < -0.4 is 10.1 Å². The molecule has 0 unspecified atom stereocenters. The average Bonchev–Trinajstić information content (AvgIpc) is 2.52. The summed E-state index contributed by atoms with van der Waals surface area (Å²) >= 11 is 12.0. The summed E-state index contributed by atoms with van der Waals surface area (Å²) in [7, 11) is 0. The summed E-state index contributed by atoms with van der Waals surface area (Å²) in [6, 6.07) is 7.03. The third-order valence-corrected chi connectivity index (χ3v) is 4.83. The molecule has 0 bridgehead atoms. The van der Waals surface area contributed by atoms with Crippen LogP contribution in [0.3, 0.4) is 0 Å². The highest BCUT2D eigenvalue weighted by molar-refractivity contribution is 6.30. The SMILES string of the molecule is O=C(COc1cccc(Cl)c1)NCC1(CCl)CCCCC1. The second-order valence-electron chi connectivity index (χ2n) is 5.72. The normalized spacial score (nSPS) is 17.2. The molecule has 0 spiro atoms. The van der Waals surface area contributed by atoms with Gasteiger partial charge < -0.3 is 10.1 Å². The first-order valence-corrected chi connectivity index (χ1v) is 8.26. The van der Waals surface area contributed by atoms with Gasteiger partial charge in [-0.3, -0.25) is 4.79 Å². The van der Waals surface area contributed by atoms with Crippen molar-refractivity contribution in [2.75, 3.05) is 19.0 Å². The number of amides is 1. The molecule has 1 aliphatic rings. The molecule has 1 amide bonds. The molecular formula is C16H21Cl2NO2. The zero-order valence-electron chi connectivity index (χ0n) is 12.0. The van der Waals surface area contributed by atoms with Gasteiger partial charge in [0.15, 0.2) is 6.61 Å². The lowest BCUT2D eigenvalue weighted by atomic mass is 9.75. The number of carbonyl (C=O) groups excluding carboxylic acids is 1. The summed E-state index contributed by atoms with van der Waals surface area (Å²) in [6.45, 7) is 0.632. The third-order valence-electron chi connectivity index (χ3n) is 4.02. The Hall–Kier alpha value is -0.930. The summed E-state index contributed by atoms with van der Waals surface area (Å²) in [6.07, 6.45) is 5.84. The number of hydrogen-bond donors (Lipinski definition) is 1. The largest absolute Gasteiger partial charge is 0.484 e. The highest BCUT2D eigenvalue weighted by atomic mass is 35.5. The van der Waals surface area contributed by atoms with Crippen molar-refractivity contribution in [1.29, 1.82) is 0 Å². The minimum Gasteiger partial charge on any atom is -0.484 e. The molecule has 0 radical (unpaired) electrons. The van der Waals surface area contributed by atoms with Gasteiger partial charge in [0.2, 0.25) is 0 Å². The molecule has 0 aliphatic heterocycles. The maximum Gasteiger partial charge on any atom is 0.257 e. The Kier molecular flexibility index (Phi) is 6.19. The van der Waals surface area contributed by atoms with Gasteiger partial charge in [-0.15, -0.1) is 11.6 Å². The maximum absolute atomic E-state index is 11.9. The molecule has 1 aromatic carbocycles. The van der Waals surface area contributed by atoms with E-state index < -0.39 is 0 Å². The van der Waals surface area contributed by atoms with Gasteiger partial charge in [-0.2, -0.15) is 0 Å². The van der Waals surface area contributed by atoms with Gasteiger partial charge in [-0.05, 0) is 31.0 Å². The lowest BCUT2D eigenvalue weighted by molar-refractivity contribution is -0.123. The molecule has 0 saturated heterocycles. The Balaban J connectivity index is 1.76. The first-order chi connectivity index (χ1) is 10.1. The van der Waals surface area contributed by atoms with Crippen LogP contribution in [0.4, 0.5) is 0 Å². The minimum atomic E-state index is -0.120. The van der Waals surface area contributed by atoms with Crippen molar-refractivity contribution in [2.45, 2.75) is 32.1 Å². The molecule has 0 aromatic heterocycles. The summed E-state index contributed by atoms with van der Waals surface area (Å²) in [5.74, 6) is 1.08. The molecule has 3 nitrogen and oxygen atoms in total.